The van der Waals surface area contributed by atoms with Crippen LogP contribution < -0.4 is 5.32 Å². The van der Waals surface area contributed by atoms with Crippen molar-refractivity contribution in [2.24, 2.45) is 0 Å². The number of aryl methyl sites for hydroxylation is 1. The van der Waals surface area contributed by atoms with Gasteiger partial charge in [0.1, 0.15) is 5.82 Å². The van der Waals surface area contributed by atoms with Gasteiger partial charge in [0.2, 0.25) is 10.0 Å². The third-order valence-corrected chi connectivity index (χ3v) is 6.37. The summed E-state index contributed by atoms with van der Waals surface area (Å²) in [7, 11) is -3.71. The Morgan fingerprint density at radius 1 is 1.17 bits per heavy atom. The molecular weight excluding hydrogens is 415 g/mol. The van der Waals surface area contributed by atoms with Gasteiger partial charge in [0.05, 0.1) is 23.7 Å². The van der Waals surface area contributed by atoms with E-state index in [0.717, 1.165) is 6.07 Å². The number of hydrogen-bond acceptors (Lipinski definition) is 6. The average Bonchev–Trinajstić information content (AvgIpc) is 2.74. The van der Waals surface area contributed by atoms with E-state index in [1.54, 1.807) is 6.92 Å². The second-order valence-corrected chi connectivity index (χ2v) is 8.57. The van der Waals surface area contributed by atoms with Gasteiger partial charge in [-0.05, 0) is 42.8 Å². The number of sulfonamides is 1. The van der Waals surface area contributed by atoms with E-state index in [-0.39, 0.29) is 29.2 Å². The first kappa shape index (κ1) is 21.9. The van der Waals surface area contributed by atoms with Gasteiger partial charge < -0.3 is 14.8 Å². The number of rotatable bonds is 6. The molecule has 160 valence electrons. The average molecular weight is 436 g/mol. The van der Waals surface area contributed by atoms with Crippen molar-refractivity contribution in [3.63, 3.8) is 0 Å². The molecule has 1 aliphatic heterocycles. The quantitative estimate of drug-likeness (QED) is 0.695. The maximum absolute atomic E-state index is 13.3. The molecule has 0 spiro atoms. The van der Waals surface area contributed by atoms with Crippen LogP contribution >= 0.6 is 0 Å². The summed E-state index contributed by atoms with van der Waals surface area (Å²) in [4.78, 5) is 24.2. The molecule has 1 aliphatic rings. The lowest BCUT2D eigenvalue weighted by molar-refractivity contribution is -0.119. The molecule has 0 aromatic heterocycles. The molecule has 1 fully saturated rings. The van der Waals surface area contributed by atoms with E-state index < -0.39 is 34.3 Å². The van der Waals surface area contributed by atoms with Crippen LogP contribution in [0.4, 0.5) is 10.1 Å². The highest BCUT2D eigenvalue weighted by Crippen LogP contribution is 2.20. The van der Waals surface area contributed by atoms with E-state index in [0.29, 0.717) is 18.8 Å². The maximum Gasteiger partial charge on any atom is 0.339 e. The first-order valence-corrected chi connectivity index (χ1v) is 10.6. The Morgan fingerprint density at radius 3 is 2.63 bits per heavy atom. The Hall–Kier alpha value is -2.82. The van der Waals surface area contributed by atoms with Crippen LogP contribution in [0.25, 0.3) is 0 Å². The number of hydrogen-bond donors (Lipinski definition) is 1. The number of carbonyl (C=O) groups is 2. The molecule has 2 aromatic carbocycles. The minimum absolute atomic E-state index is 0.0291. The van der Waals surface area contributed by atoms with E-state index in [2.05, 4.69) is 5.32 Å². The van der Waals surface area contributed by atoms with Crippen molar-refractivity contribution < 1.29 is 31.9 Å². The van der Waals surface area contributed by atoms with Crippen LogP contribution in [0.3, 0.4) is 0 Å². The number of amides is 1. The molecule has 0 unspecified atom stereocenters. The molecule has 1 amide bonds. The van der Waals surface area contributed by atoms with E-state index in [4.69, 9.17) is 9.47 Å². The highest BCUT2D eigenvalue weighted by molar-refractivity contribution is 7.89. The normalized spacial score (nSPS) is 14.9. The summed E-state index contributed by atoms with van der Waals surface area (Å²) < 4.78 is 50.2. The second-order valence-electron chi connectivity index (χ2n) is 6.63. The first-order chi connectivity index (χ1) is 14.3. The predicted molar refractivity (Wildman–Crippen MR) is 106 cm³/mol. The van der Waals surface area contributed by atoms with E-state index in [9.17, 15) is 22.4 Å². The minimum Gasteiger partial charge on any atom is -0.452 e. The Bertz CT molecular complexity index is 1050. The Kier molecular flexibility index (Phi) is 6.80. The zero-order valence-electron chi connectivity index (χ0n) is 16.3. The Balaban J connectivity index is 1.62. The molecule has 1 saturated heterocycles. The summed E-state index contributed by atoms with van der Waals surface area (Å²) >= 11 is 0. The highest BCUT2D eigenvalue weighted by atomic mass is 32.2. The van der Waals surface area contributed by atoms with Crippen LogP contribution in [0.15, 0.2) is 47.4 Å². The minimum atomic E-state index is -3.71. The van der Waals surface area contributed by atoms with Gasteiger partial charge in [-0.1, -0.05) is 12.1 Å². The summed E-state index contributed by atoms with van der Waals surface area (Å²) in [6.07, 6.45) is 0. The van der Waals surface area contributed by atoms with Crippen molar-refractivity contribution in [1.82, 2.24) is 4.31 Å². The van der Waals surface area contributed by atoms with Gasteiger partial charge in [-0.3, -0.25) is 4.79 Å². The number of benzene rings is 2. The lowest BCUT2D eigenvalue weighted by atomic mass is 10.1. The zero-order valence-corrected chi connectivity index (χ0v) is 17.1. The van der Waals surface area contributed by atoms with Gasteiger partial charge in [-0.15, -0.1) is 0 Å². The van der Waals surface area contributed by atoms with Crippen molar-refractivity contribution in [3.05, 3.63) is 59.4 Å². The number of nitrogens with zero attached hydrogens (tertiary/aromatic N) is 1. The topological polar surface area (TPSA) is 102 Å². The largest absolute Gasteiger partial charge is 0.452 e. The number of anilines is 1. The number of nitrogens with one attached hydrogen (secondary N) is 1. The molecule has 1 heterocycles. The molecule has 0 atom stereocenters. The predicted octanol–water partition coefficient (Wildman–Crippen LogP) is 1.95. The molecule has 10 heteroatoms. The fourth-order valence-corrected chi connectivity index (χ4v) is 4.34. The van der Waals surface area contributed by atoms with Gasteiger partial charge in [0.25, 0.3) is 5.91 Å². The van der Waals surface area contributed by atoms with Gasteiger partial charge in [0, 0.05) is 18.8 Å². The lowest BCUT2D eigenvalue weighted by Gasteiger charge is -2.26. The van der Waals surface area contributed by atoms with Crippen molar-refractivity contribution in [3.8, 4) is 0 Å². The monoisotopic (exact) mass is 436 g/mol. The molecule has 2 aromatic rings. The highest BCUT2D eigenvalue weighted by Gasteiger charge is 2.26. The Morgan fingerprint density at radius 2 is 1.90 bits per heavy atom. The number of ether oxygens (including phenoxy) is 2. The second kappa shape index (κ2) is 9.33. The van der Waals surface area contributed by atoms with Crippen LogP contribution in [0.1, 0.15) is 15.9 Å². The summed E-state index contributed by atoms with van der Waals surface area (Å²) in [5.74, 6) is -2.07. The van der Waals surface area contributed by atoms with Crippen LogP contribution in [0, 0.1) is 12.7 Å². The molecule has 3 rings (SSSR count). The van der Waals surface area contributed by atoms with Gasteiger partial charge in [0.15, 0.2) is 6.61 Å². The third-order valence-electron chi connectivity index (χ3n) is 4.48. The zero-order chi connectivity index (χ0) is 21.7. The number of halogens is 1. The summed E-state index contributed by atoms with van der Waals surface area (Å²) in [6.45, 7) is 2.19. The van der Waals surface area contributed by atoms with Gasteiger partial charge in [-0.25, -0.2) is 17.6 Å². The van der Waals surface area contributed by atoms with Crippen LogP contribution in [-0.4, -0.2) is 57.5 Å². The van der Waals surface area contributed by atoms with Gasteiger partial charge >= 0.3 is 5.97 Å². The third kappa shape index (κ3) is 5.21. The van der Waals surface area contributed by atoms with Crippen molar-refractivity contribution in [1.29, 1.82) is 0 Å². The molecular formula is C20H21FN2O6S. The van der Waals surface area contributed by atoms with Crippen LogP contribution in [0.5, 0.6) is 0 Å². The molecule has 0 saturated carbocycles. The fraction of sp³-hybridized carbons (Fsp3) is 0.300. The first-order valence-electron chi connectivity index (χ1n) is 9.18. The summed E-state index contributed by atoms with van der Waals surface area (Å²) in [5, 5.41) is 2.49. The molecule has 8 nitrogen and oxygen atoms in total. The number of morpholine rings is 1. The van der Waals surface area contributed by atoms with Crippen LogP contribution in [0.2, 0.25) is 0 Å². The number of esters is 1. The molecule has 30 heavy (non-hydrogen) atoms. The van der Waals surface area contributed by atoms with Crippen molar-refractivity contribution in [2.75, 3.05) is 38.2 Å². The lowest BCUT2D eigenvalue weighted by Crippen LogP contribution is -2.40. The summed E-state index contributed by atoms with van der Waals surface area (Å²) in [5.41, 5.74) is 0.788. The molecule has 0 aliphatic carbocycles. The van der Waals surface area contributed by atoms with Crippen LogP contribution in [-0.2, 0) is 24.3 Å². The maximum atomic E-state index is 13.3. The van der Waals surface area contributed by atoms with Crippen molar-refractivity contribution in [2.45, 2.75) is 11.8 Å². The molecule has 1 N–H and O–H groups in total. The Labute approximate surface area is 173 Å². The SMILES string of the molecule is Cc1ccc(F)cc1C(=O)OCC(=O)Nc1cccc(S(=O)(=O)N2CCOCC2)c1. The van der Waals surface area contributed by atoms with Gasteiger partial charge in [-0.2, -0.15) is 4.31 Å². The molecule has 0 radical (unpaired) electrons. The fourth-order valence-electron chi connectivity index (χ4n) is 2.89. The standard InChI is InChI=1S/C20H21FN2O6S/c1-14-5-6-15(21)11-18(14)20(25)29-13-19(24)22-16-3-2-4-17(12-16)30(26,27)23-7-9-28-10-8-23/h2-6,11-12H,7-10,13H2,1H3,(H,22,24). The van der Waals surface area contributed by atoms with Crippen molar-refractivity contribution >= 4 is 27.6 Å². The number of carbonyl (C=O) groups excluding carboxylic acids is 2. The van der Waals surface area contributed by atoms with E-state index >= 15 is 0 Å². The smallest absolute Gasteiger partial charge is 0.339 e. The molecule has 0 bridgehead atoms. The van der Waals surface area contributed by atoms with E-state index in [1.807, 2.05) is 0 Å². The van der Waals surface area contributed by atoms with E-state index in [1.165, 1.54) is 40.7 Å². The summed E-state index contributed by atoms with van der Waals surface area (Å²) in [6, 6.07) is 9.49.